The second-order valence-electron chi connectivity index (χ2n) is 9.61. The maximum Gasteiger partial charge on any atom is 0.272 e. The molecule has 0 bridgehead atoms. The van der Waals surface area contributed by atoms with E-state index in [4.69, 9.17) is 14.5 Å². The summed E-state index contributed by atoms with van der Waals surface area (Å²) < 4.78 is 15.0. The summed E-state index contributed by atoms with van der Waals surface area (Å²) in [7, 11) is 5.03. The third-order valence-corrected chi connectivity index (χ3v) is 7.33. The van der Waals surface area contributed by atoms with Crippen LogP contribution >= 0.6 is 0 Å². The van der Waals surface area contributed by atoms with Crippen molar-refractivity contribution in [2.45, 2.75) is 19.3 Å². The molecular weight excluding hydrogens is 496 g/mol. The average molecular weight is 525 g/mol. The van der Waals surface area contributed by atoms with Crippen LogP contribution in [0.4, 0.5) is 5.69 Å². The zero-order valence-electron chi connectivity index (χ0n) is 22.1. The van der Waals surface area contributed by atoms with E-state index in [9.17, 15) is 9.59 Å². The van der Waals surface area contributed by atoms with Crippen molar-refractivity contribution in [3.8, 4) is 22.8 Å². The van der Waals surface area contributed by atoms with Crippen LogP contribution in [0.25, 0.3) is 27.7 Å². The van der Waals surface area contributed by atoms with Gasteiger partial charge in [-0.1, -0.05) is 12.1 Å². The summed E-state index contributed by atoms with van der Waals surface area (Å²) in [5.41, 5.74) is 5.18. The Kier molecular flexibility index (Phi) is 5.94. The van der Waals surface area contributed by atoms with E-state index in [-0.39, 0.29) is 17.7 Å². The quantitative estimate of drug-likeness (QED) is 0.346. The number of carbonyl (C=O) groups is 2. The van der Waals surface area contributed by atoms with Gasteiger partial charge in [0.15, 0.2) is 0 Å². The number of carbonyl (C=O) groups excluding carboxylic acids is 2. The molecule has 4 heterocycles. The molecule has 0 saturated carbocycles. The molecule has 2 N–H and O–H groups in total. The molecule has 1 atom stereocenters. The minimum atomic E-state index is -0.269. The first-order chi connectivity index (χ1) is 18.9. The fourth-order valence-corrected chi connectivity index (χ4v) is 5.35. The zero-order valence-corrected chi connectivity index (χ0v) is 22.1. The Bertz CT molecular complexity index is 1770. The van der Waals surface area contributed by atoms with Crippen molar-refractivity contribution in [2.24, 2.45) is 7.05 Å². The van der Waals surface area contributed by atoms with Crippen LogP contribution in [0, 0.1) is 6.92 Å². The molecule has 0 radical (unpaired) electrons. The summed E-state index contributed by atoms with van der Waals surface area (Å²) >= 11 is 0. The van der Waals surface area contributed by atoms with Crippen LogP contribution in [-0.4, -0.2) is 51.5 Å². The minimum absolute atomic E-state index is 0.0235. The number of nitrogens with one attached hydrogen (secondary N) is 2. The predicted octanol–water partition coefficient (Wildman–Crippen LogP) is 4.07. The van der Waals surface area contributed by atoms with Crippen LogP contribution in [0.5, 0.6) is 11.5 Å². The monoisotopic (exact) mass is 524 g/mol. The van der Waals surface area contributed by atoms with Gasteiger partial charge in [0.05, 0.1) is 42.3 Å². The first kappa shape index (κ1) is 24.5. The third-order valence-electron chi connectivity index (χ3n) is 7.33. The zero-order chi connectivity index (χ0) is 27.3. The van der Waals surface area contributed by atoms with Gasteiger partial charge in [-0.3, -0.25) is 19.0 Å². The molecule has 39 heavy (non-hydrogen) atoms. The first-order valence-electron chi connectivity index (χ1n) is 12.6. The molecule has 0 aliphatic carbocycles. The Labute approximate surface area is 224 Å². The highest BCUT2D eigenvalue weighted by atomic mass is 16.5. The lowest BCUT2D eigenvalue weighted by Gasteiger charge is -2.12. The van der Waals surface area contributed by atoms with Crippen LogP contribution < -0.4 is 20.1 Å². The predicted molar refractivity (Wildman–Crippen MR) is 148 cm³/mol. The summed E-state index contributed by atoms with van der Waals surface area (Å²) in [4.78, 5) is 34.7. The van der Waals surface area contributed by atoms with E-state index >= 15 is 0 Å². The molecule has 198 valence electrons. The molecule has 3 aromatic heterocycles. The SMILES string of the molecule is COc1cc(-c2nc(C3CNC(=O)C3)n3ccnc(C)c23)ccc1NC(=O)c1cc2c(OC)cccc2n1C. The second kappa shape index (κ2) is 9.46. The molecule has 6 rings (SSSR count). The number of fused-ring (bicyclic) bond motifs is 2. The highest BCUT2D eigenvalue weighted by Gasteiger charge is 2.29. The Balaban J connectivity index is 1.37. The van der Waals surface area contributed by atoms with Crippen molar-refractivity contribution in [3.05, 3.63) is 72.1 Å². The Morgan fingerprint density at radius 3 is 2.69 bits per heavy atom. The van der Waals surface area contributed by atoms with Crippen molar-refractivity contribution in [1.82, 2.24) is 24.3 Å². The lowest BCUT2D eigenvalue weighted by Crippen LogP contribution is -2.16. The summed E-state index contributed by atoms with van der Waals surface area (Å²) in [5, 5.41) is 6.75. The van der Waals surface area contributed by atoms with Gasteiger partial charge in [0.2, 0.25) is 5.91 Å². The molecule has 1 saturated heterocycles. The normalized spacial score (nSPS) is 15.1. The number of hydrogen-bond donors (Lipinski definition) is 2. The van der Waals surface area contributed by atoms with Crippen molar-refractivity contribution in [1.29, 1.82) is 0 Å². The van der Waals surface area contributed by atoms with E-state index in [1.54, 1.807) is 20.4 Å². The number of anilines is 1. The molecule has 2 amide bonds. The van der Waals surface area contributed by atoms with Crippen molar-refractivity contribution in [3.63, 3.8) is 0 Å². The number of nitrogens with zero attached hydrogens (tertiary/aromatic N) is 4. The molecule has 10 nitrogen and oxygen atoms in total. The molecule has 1 aliphatic heterocycles. The number of aryl methyl sites for hydroxylation is 2. The van der Waals surface area contributed by atoms with Gasteiger partial charge in [0.1, 0.15) is 23.0 Å². The van der Waals surface area contributed by atoms with Gasteiger partial charge in [-0.2, -0.15) is 0 Å². The number of rotatable bonds is 6. The van der Waals surface area contributed by atoms with Crippen LogP contribution in [0.3, 0.4) is 0 Å². The van der Waals surface area contributed by atoms with Crippen molar-refractivity contribution < 1.29 is 19.1 Å². The largest absolute Gasteiger partial charge is 0.496 e. The summed E-state index contributed by atoms with van der Waals surface area (Å²) in [6.45, 7) is 2.49. The molecule has 1 aliphatic rings. The van der Waals surface area contributed by atoms with Crippen LogP contribution in [0.15, 0.2) is 54.9 Å². The maximum absolute atomic E-state index is 13.3. The van der Waals surface area contributed by atoms with Gasteiger partial charge in [0.25, 0.3) is 5.91 Å². The average Bonchev–Trinajstić information content (AvgIpc) is 3.64. The number of amides is 2. The summed E-state index contributed by atoms with van der Waals surface area (Å²) in [6.07, 6.45) is 4.01. The van der Waals surface area contributed by atoms with Gasteiger partial charge in [0, 0.05) is 49.3 Å². The van der Waals surface area contributed by atoms with E-state index < -0.39 is 0 Å². The molecule has 1 unspecified atom stereocenters. The van der Waals surface area contributed by atoms with Gasteiger partial charge in [-0.05, 0) is 37.3 Å². The fourth-order valence-electron chi connectivity index (χ4n) is 5.35. The summed E-state index contributed by atoms with van der Waals surface area (Å²) in [5.74, 6) is 1.75. The number of benzene rings is 2. The lowest BCUT2D eigenvalue weighted by atomic mass is 10.1. The van der Waals surface area contributed by atoms with E-state index in [0.29, 0.717) is 35.8 Å². The van der Waals surface area contributed by atoms with Crippen LogP contribution in [-0.2, 0) is 11.8 Å². The van der Waals surface area contributed by atoms with Crippen LogP contribution in [0.2, 0.25) is 0 Å². The number of hydrogen-bond acceptors (Lipinski definition) is 6. The summed E-state index contributed by atoms with van der Waals surface area (Å²) in [6, 6.07) is 13.1. The Morgan fingerprint density at radius 1 is 1.13 bits per heavy atom. The number of aromatic nitrogens is 4. The van der Waals surface area contributed by atoms with Gasteiger partial charge >= 0.3 is 0 Å². The van der Waals surface area contributed by atoms with Gasteiger partial charge in [-0.15, -0.1) is 0 Å². The smallest absolute Gasteiger partial charge is 0.272 e. The molecule has 2 aromatic carbocycles. The minimum Gasteiger partial charge on any atom is -0.496 e. The van der Waals surface area contributed by atoms with Gasteiger partial charge < -0.3 is 24.7 Å². The number of imidazole rings is 1. The first-order valence-corrected chi connectivity index (χ1v) is 12.6. The topological polar surface area (TPSA) is 112 Å². The van der Waals surface area contributed by atoms with Gasteiger partial charge in [-0.25, -0.2) is 4.98 Å². The molecule has 0 spiro atoms. The molecule has 10 heteroatoms. The van der Waals surface area contributed by atoms with E-state index in [1.807, 2.05) is 71.6 Å². The number of ether oxygens (including phenoxy) is 2. The Morgan fingerprint density at radius 2 is 1.95 bits per heavy atom. The molecule has 1 fully saturated rings. The third kappa shape index (κ3) is 4.04. The fraction of sp³-hybridized carbons (Fsp3) is 0.241. The lowest BCUT2D eigenvalue weighted by molar-refractivity contribution is -0.119. The maximum atomic E-state index is 13.3. The second-order valence-corrected chi connectivity index (χ2v) is 9.61. The van der Waals surface area contributed by atoms with Crippen molar-refractivity contribution >= 4 is 33.9 Å². The van der Waals surface area contributed by atoms with E-state index in [1.165, 1.54) is 0 Å². The van der Waals surface area contributed by atoms with E-state index in [0.717, 1.165) is 39.2 Å². The highest BCUT2D eigenvalue weighted by Crippen LogP contribution is 2.36. The molecule has 5 aromatic rings. The van der Waals surface area contributed by atoms with Crippen LogP contribution in [0.1, 0.15) is 34.3 Å². The highest BCUT2D eigenvalue weighted by molar-refractivity contribution is 6.08. The molecular formula is C29H28N6O4. The standard InChI is InChI=1S/C29H28N6O4/c1-16-27-26(33-28(35(27)11-10-30-16)18-13-25(36)31-15-18)17-8-9-20(24(12-17)39-4)32-29(37)22-14-19-21(34(22)2)6-5-7-23(19)38-3/h5-12,14,18H,13,15H2,1-4H3,(H,31,36)(H,32,37). The number of methoxy groups -OCH3 is 2. The van der Waals surface area contributed by atoms with Crippen molar-refractivity contribution in [2.75, 3.05) is 26.1 Å². The Hall–Kier alpha value is -4.86. The van der Waals surface area contributed by atoms with E-state index in [2.05, 4.69) is 15.6 Å².